The van der Waals surface area contributed by atoms with Gasteiger partial charge in [-0.05, 0) is 31.9 Å². The van der Waals surface area contributed by atoms with Gasteiger partial charge < -0.3 is 5.11 Å². The van der Waals surface area contributed by atoms with Crippen molar-refractivity contribution in [1.29, 1.82) is 0 Å². The highest BCUT2D eigenvalue weighted by Gasteiger charge is 2.15. The molecule has 0 radical (unpaired) electrons. The van der Waals surface area contributed by atoms with Crippen molar-refractivity contribution in [1.82, 2.24) is 10.2 Å². The fourth-order valence-corrected chi connectivity index (χ4v) is 4.28. The van der Waals surface area contributed by atoms with Crippen molar-refractivity contribution in [2.75, 3.05) is 11.6 Å². The molecule has 0 aliphatic carbocycles. The normalized spacial score (nSPS) is 12.5. The number of hydrogen-bond donors (Lipinski definition) is 1. The van der Waals surface area contributed by atoms with Crippen LogP contribution in [0.3, 0.4) is 0 Å². The average molecular weight is 373 g/mol. The minimum Gasteiger partial charge on any atom is -0.391 e. The van der Waals surface area contributed by atoms with Crippen LogP contribution in [0.5, 0.6) is 0 Å². The average Bonchev–Trinajstić information content (AvgIpc) is 2.59. The zero-order valence-corrected chi connectivity index (χ0v) is 16.2. The van der Waals surface area contributed by atoms with E-state index in [1.54, 1.807) is 0 Å². The molecule has 1 N–H and O–H groups in total. The summed E-state index contributed by atoms with van der Waals surface area (Å²) < 4.78 is 0. The molecule has 3 rings (SSSR count). The third-order valence-electron chi connectivity index (χ3n) is 4.16. The first kappa shape index (κ1) is 18.2. The van der Waals surface area contributed by atoms with E-state index in [4.69, 9.17) is 11.6 Å². The van der Waals surface area contributed by atoms with E-state index >= 15 is 0 Å². The Labute approximate surface area is 157 Å². The number of alkyl halides is 1. The Morgan fingerprint density at radius 3 is 2.32 bits per heavy atom. The molecule has 0 aliphatic rings. The molecule has 1 unspecified atom stereocenters. The summed E-state index contributed by atoms with van der Waals surface area (Å²) in [7, 11) is 0. The Hall–Kier alpha value is -1.62. The maximum atomic E-state index is 9.72. The molecule has 2 aromatic carbocycles. The predicted octanol–water partition coefficient (Wildman–Crippen LogP) is 4.91. The highest BCUT2D eigenvalue weighted by molar-refractivity contribution is 7.99. The van der Waals surface area contributed by atoms with Crippen LogP contribution in [0.25, 0.3) is 22.0 Å². The van der Waals surface area contributed by atoms with Gasteiger partial charge in [-0.15, -0.1) is 33.6 Å². The fraction of sp³-hybridized carbons (Fsp3) is 0.300. The first-order chi connectivity index (χ1) is 12.0. The van der Waals surface area contributed by atoms with E-state index < -0.39 is 6.10 Å². The van der Waals surface area contributed by atoms with Crippen LogP contribution >= 0.6 is 23.4 Å². The number of aromatic nitrogens is 2. The van der Waals surface area contributed by atoms with Gasteiger partial charge in [-0.3, -0.25) is 0 Å². The van der Waals surface area contributed by atoms with Gasteiger partial charge in [0.2, 0.25) is 0 Å². The van der Waals surface area contributed by atoms with Gasteiger partial charge in [-0.25, -0.2) is 0 Å². The van der Waals surface area contributed by atoms with Crippen LogP contribution in [0.4, 0.5) is 0 Å². The number of benzene rings is 2. The van der Waals surface area contributed by atoms with Gasteiger partial charge in [0.1, 0.15) is 10.7 Å². The molecule has 0 bridgehead atoms. The second-order valence-corrected chi connectivity index (χ2v) is 7.61. The highest BCUT2D eigenvalue weighted by Crippen LogP contribution is 2.35. The number of aliphatic hydroxyl groups excluding tert-OH is 1. The van der Waals surface area contributed by atoms with Gasteiger partial charge in [0.05, 0.1) is 6.10 Å². The maximum Gasteiger partial charge on any atom is 0.127 e. The van der Waals surface area contributed by atoms with Crippen molar-refractivity contribution >= 4 is 34.1 Å². The SMILES string of the molecule is Cc1cc(C)c(-c2nnc(SCC(O)CCl)c3ccccc23)c(C)c1. The molecule has 1 aromatic heterocycles. The van der Waals surface area contributed by atoms with Crippen molar-refractivity contribution in [3.63, 3.8) is 0 Å². The summed E-state index contributed by atoms with van der Waals surface area (Å²) in [6.07, 6.45) is -0.548. The van der Waals surface area contributed by atoms with Gasteiger partial charge in [0.15, 0.2) is 0 Å². The van der Waals surface area contributed by atoms with Gasteiger partial charge in [-0.2, -0.15) is 0 Å². The van der Waals surface area contributed by atoms with E-state index in [-0.39, 0.29) is 5.88 Å². The number of aryl methyl sites for hydroxylation is 3. The van der Waals surface area contributed by atoms with E-state index in [9.17, 15) is 5.11 Å². The fourth-order valence-electron chi connectivity index (χ4n) is 3.14. The Morgan fingerprint density at radius 1 is 1.04 bits per heavy atom. The topological polar surface area (TPSA) is 46.0 Å². The zero-order chi connectivity index (χ0) is 18.0. The Kier molecular flexibility index (Phi) is 5.62. The van der Waals surface area contributed by atoms with Gasteiger partial charge in [0, 0.05) is 28.0 Å². The number of halogens is 1. The van der Waals surface area contributed by atoms with Gasteiger partial charge in [0.25, 0.3) is 0 Å². The van der Waals surface area contributed by atoms with Crippen LogP contribution in [-0.2, 0) is 0 Å². The Balaban J connectivity index is 2.13. The number of aliphatic hydroxyl groups is 1. The molecular formula is C20H21ClN2OS. The largest absolute Gasteiger partial charge is 0.391 e. The third-order valence-corrected chi connectivity index (χ3v) is 5.64. The number of rotatable bonds is 5. The molecular weight excluding hydrogens is 352 g/mol. The summed E-state index contributed by atoms with van der Waals surface area (Å²) in [6.45, 7) is 6.34. The van der Waals surface area contributed by atoms with Crippen LogP contribution < -0.4 is 0 Å². The van der Waals surface area contributed by atoms with Gasteiger partial charge >= 0.3 is 0 Å². The molecule has 5 heteroatoms. The molecule has 3 aromatic rings. The summed E-state index contributed by atoms with van der Waals surface area (Å²) in [5.74, 6) is 0.725. The molecule has 130 valence electrons. The minimum absolute atomic E-state index is 0.220. The highest BCUT2D eigenvalue weighted by atomic mass is 35.5. The molecule has 3 nitrogen and oxygen atoms in total. The Bertz CT molecular complexity index is 890. The molecule has 0 aliphatic heterocycles. The number of hydrogen-bond acceptors (Lipinski definition) is 4. The lowest BCUT2D eigenvalue weighted by atomic mass is 9.95. The summed E-state index contributed by atoms with van der Waals surface area (Å²) in [6, 6.07) is 12.5. The van der Waals surface area contributed by atoms with E-state index in [1.165, 1.54) is 28.5 Å². The molecule has 25 heavy (non-hydrogen) atoms. The lowest BCUT2D eigenvalue weighted by molar-refractivity contribution is 0.223. The first-order valence-electron chi connectivity index (χ1n) is 8.21. The monoisotopic (exact) mass is 372 g/mol. The third kappa shape index (κ3) is 3.81. The van der Waals surface area contributed by atoms with E-state index in [2.05, 4.69) is 55.2 Å². The standard InChI is InChI=1S/C20H21ClN2OS/c1-12-8-13(2)18(14(3)9-12)19-16-6-4-5-7-17(16)20(23-22-19)25-11-15(24)10-21/h4-9,15,24H,10-11H2,1-3H3. The molecule has 0 amide bonds. The smallest absolute Gasteiger partial charge is 0.127 e. The number of nitrogens with zero attached hydrogens (tertiary/aromatic N) is 2. The van der Waals surface area contributed by atoms with Crippen LogP contribution in [0.2, 0.25) is 0 Å². The minimum atomic E-state index is -0.548. The summed E-state index contributed by atoms with van der Waals surface area (Å²) in [4.78, 5) is 0. The van der Waals surface area contributed by atoms with Crippen LogP contribution in [0.15, 0.2) is 41.4 Å². The zero-order valence-electron chi connectivity index (χ0n) is 14.6. The predicted molar refractivity (Wildman–Crippen MR) is 107 cm³/mol. The lowest BCUT2D eigenvalue weighted by Crippen LogP contribution is -2.11. The first-order valence-corrected chi connectivity index (χ1v) is 9.73. The number of thioether (sulfide) groups is 1. The molecule has 0 fully saturated rings. The molecule has 1 atom stereocenters. The van der Waals surface area contributed by atoms with E-state index in [0.29, 0.717) is 5.75 Å². The summed E-state index contributed by atoms with van der Waals surface area (Å²) >= 11 is 7.18. The molecule has 0 spiro atoms. The van der Waals surface area contributed by atoms with E-state index in [1.807, 2.05) is 12.1 Å². The second kappa shape index (κ2) is 7.73. The quantitative estimate of drug-likeness (QED) is 0.510. The second-order valence-electron chi connectivity index (χ2n) is 6.29. The van der Waals surface area contributed by atoms with Crippen molar-refractivity contribution in [2.24, 2.45) is 0 Å². The summed E-state index contributed by atoms with van der Waals surface area (Å²) in [5, 5.41) is 21.7. The van der Waals surface area contributed by atoms with Crippen molar-refractivity contribution < 1.29 is 5.11 Å². The summed E-state index contributed by atoms with van der Waals surface area (Å²) in [5.41, 5.74) is 5.71. The van der Waals surface area contributed by atoms with Gasteiger partial charge in [-0.1, -0.05) is 42.0 Å². The van der Waals surface area contributed by atoms with Crippen LogP contribution in [-0.4, -0.2) is 33.0 Å². The number of fused-ring (bicyclic) bond motifs is 1. The van der Waals surface area contributed by atoms with E-state index in [0.717, 1.165) is 27.1 Å². The van der Waals surface area contributed by atoms with Crippen molar-refractivity contribution in [2.45, 2.75) is 31.9 Å². The van der Waals surface area contributed by atoms with Crippen molar-refractivity contribution in [3.8, 4) is 11.3 Å². The maximum absolute atomic E-state index is 9.72. The van der Waals surface area contributed by atoms with Crippen LogP contribution in [0, 0.1) is 20.8 Å². The molecule has 0 saturated carbocycles. The molecule has 1 heterocycles. The Morgan fingerprint density at radius 2 is 1.68 bits per heavy atom. The molecule has 0 saturated heterocycles. The lowest BCUT2D eigenvalue weighted by Gasteiger charge is -2.14. The van der Waals surface area contributed by atoms with Crippen LogP contribution in [0.1, 0.15) is 16.7 Å². The van der Waals surface area contributed by atoms with Crippen molar-refractivity contribution in [3.05, 3.63) is 53.1 Å².